The topological polar surface area (TPSA) is 146 Å². The summed E-state index contributed by atoms with van der Waals surface area (Å²) in [6.45, 7) is 2.58. The van der Waals surface area contributed by atoms with Crippen LogP contribution in [0.3, 0.4) is 0 Å². The first kappa shape index (κ1) is 39.4. The van der Waals surface area contributed by atoms with Gasteiger partial charge in [-0.3, -0.25) is 9.59 Å². The van der Waals surface area contributed by atoms with E-state index in [2.05, 4.69) is 15.5 Å². The van der Waals surface area contributed by atoms with Gasteiger partial charge in [0.1, 0.15) is 0 Å². The number of nitrogens with one attached hydrogen (secondary N) is 2. The zero-order chi connectivity index (χ0) is 37.9. The van der Waals surface area contributed by atoms with E-state index in [1.807, 2.05) is 84.9 Å². The molecule has 3 atom stereocenters. The first-order chi connectivity index (χ1) is 26.2. The van der Waals surface area contributed by atoms with E-state index in [0.29, 0.717) is 74.4 Å². The molecule has 4 aromatic rings. The fourth-order valence-electron chi connectivity index (χ4n) is 7.13. The number of carbonyl (C=O) groups is 2. The number of halogens is 1. The maximum atomic E-state index is 12.6. The number of unbranched alkanes of at least 4 members (excludes halogenated alkanes) is 2. The number of aliphatic hydroxyl groups is 2. The number of amides is 2. The molecule has 11 heteroatoms. The number of ether oxygens (including phenoxy) is 2. The van der Waals surface area contributed by atoms with Crippen LogP contribution in [0.4, 0.5) is 11.4 Å². The quantitative estimate of drug-likeness (QED) is 0.0636. The second kappa shape index (κ2) is 18.8. The van der Waals surface area contributed by atoms with Crippen LogP contribution in [0.15, 0.2) is 97.1 Å². The van der Waals surface area contributed by atoms with Crippen LogP contribution in [-0.2, 0) is 37.8 Å². The summed E-state index contributed by atoms with van der Waals surface area (Å²) in [6.07, 6.45) is 3.97. The van der Waals surface area contributed by atoms with Crippen molar-refractivity contribution in [3.63, 3.8) is 0 Å². The number of nitrogens with two attached hydrogens (primary N) is 1. The molecule has 10 nitrogen and oxygen atoms in total. The molecule has 2 amide bonds. The Balaban J connectivity index is 0.983. The van der Waals surface area contributed by atoms with Crippen molar-refractivity contribution in [2.45, 2.75) is 88.6 Å². The number of para-hydroxylation sites is 2. The molecule has 2 aliphatic rings. The highest BCUT2D eigenvalue weighted by molar-refractivity contribution is 6.30. The Bertz CT molecular complexity index is 1810. The van der Waals surface area contributed by atoms with E-state index < -0.39 is 11.9 Å². The number of likely N-dealkylation sites (tertiary alicyclic amines) is 1. The Morgan fingerprint density at radius 3 is 2.15 bits per heavy atom. The van der Waals surface area contributed by atoms with E-state index >= 15 is 0 Å². The number of rotatable bonds is 15. The number of carbonyl (C=O) groups excluding carboxylic acids is 2. The normalized spacial score (nSPS) is 19.9. The van der Waals surface area contributed by atoms with Crippen LogP contribution in [-0.4, -0.2) is 52.7 Å². The molecule has 2 aliphatic heterocycles. The number of nitrogen functional groups attached to an aromatic ring is 1. The summed E-state index contributed by atoms with van der Waals surface area (Å²) < 4.78 is 13.1. The smallest absolute Gasteiger partial charge is 0.224 e. The predicted octanol–water partition coefficient (Wildman–Crippen LogP) is 7.15. The minimum atomic E-state index is -0.878. The van der Waals surface area contributed by atoms with Crippen LogP contribution in [0.5, 0.6) is 0 Å². The highest BCUT2D eigenvalue weighted by Gasteiger charge is 2.37. The van der Waals surface area contributed by atoms with Gasteiger partial charge in [-0.1, -0.05) is 90.8 Å². The lowest BCUT2D eigenvalue weighted by atomic mass is 9.84. The number of hydrogen-bond donors (Lipinski definition) is 5. The highest BCUT2D eigenvalue weighted by atomic mass is 35.5. The maximum absolute atomic E-state index is 12.6. The van der Waals surface area contributed by atoms with E-state index in [9.17, 15) is 19.8 Å². The van der Waals surface area contributed by atoms with Crippen LogP contribution in [0.25, 0.3) is 0 Å². The van der Waals surface area contributed by atoms with E-state index in [-0.39, 0.29) is 30.6 Å². The number of nitrogens with zero attached hydrogens (tertiary/aromatic N) is 1. The molecule has 4 aromatic carbocycles. The predicted molar refractivity (Wildman–Crippen MR) is 210 cm³/mol. The summed E-state index contributed by atoms with van der Waals surface area (Å²) in [5, 5.41) is 27.5. The van der Waals surface area contributed by atoms with Crippen molar-refractivity contribution in [1.82, 2.24) is 10.2 Å². The average Bonchev–Trinajstić information content (AvgIpc) is 3.19. The Labute approximate surface area is 322 Å². The first-order valence-corrected chi connectivity index (χ1v) is 19.3. The van der Waals surface area contributed by atoms with Crippen molar-refractivity contribution in [2.24, 2.45) is 0 Å². The Morgan fingerprint density at radius 1 is 0.815 bits per heavy atom. The third-order valence-corrected chi connectivity index (χ3v) is 10.7. The fourth-order valence-corrected chi connectivity index (χ4v) is 7.25. The zero-order valence-electron chi connectivity index (χ0n) is 30.6. The molecular formula is C43H51ClN4O6. The number of piperidine rings is 1. The van der Waals surface area contributed by atoms with Gasteiger partial charge in [0.15, 0.2) is 6.29 Å². The number of anilines is 2. The number of hydrogen-bond acceptors (Lipinski definition) is 8. The second-order valence-corrected chi connectivity index (χ2v) is 14.8. The summed E-state index contributed by atoms with van der Waals surface area (Å²) in [4.78, 5) is 27.1. The SMILES string of the molecule is Nc1ccccc1NC(=O)CCCCCC(=O)NCc1ccc(C2OC(CN3CCC(O)(c4ccc(Cl)cc4)CC3)CC(c3ccc(CO)cc3)O2)cc1. The largest absolute Gasteiger partial charge is 0.397 e. The number of benzene rings is 4. The van der Waals surface area contributed by atoms with E-state index in [0.717, 1.165) is 47.3 Å². The molecule has 0 bridgehead atoms. The van der Waals surface area contributed by atoms with Gasteiger partial charge in [-0.2, -0.15) is 0 Å². The molecule has 0 aromatic heterocycles. The van der Waals surface area contributed by atoms with Crippen LogP contribution in [0, 0.1) is 0 Å². The van der Waals surface area contributed by atoms with Crippen molar-refractivity contribution in [2.75, 3.05) is 30.7 Å². The van der Waals surface area contributed by atoms with Crippen LogP contribution < -0.4 is 16.4 Å². The molecular weight excluding hydrogens is 704 g/mol. The summed E-state index contributed by atoms with van der Waals surface area (Å²) >= 11 is 6.09. The second-order valence-electron chi connectivity index (χ2n) is 14.4. The summed E-state index contributed by atoms with van der Waals surface area (Å²) in [5.74, 6) is -0.110. The van der Waals surface area contributed by atoms with Gasteiger partial charge in [0.2, 0.25) is 11.8 Å². The van der Waals surface area contributed by atoms with Crippen molar-refractivity contribution < 1.29 is 29.3 Å². The van der Waals surface area contributed by atoms with E-state index in [1.165, 1.54) is 0 Å². The van der Waals surface area contributed by atoms with Crippen LogP contribution in [0.1, 0.15) is 91.6 Å². The molecule has 6 N–H and O–H groups in total. The third kappa shape index (κ3) is 10.9. The molecule has 0 spiro atoms. The molecule has 0 radical (unpaired) electrons. The Hall–Kier alpha value is -4.29. The molecule has 286 valence electrons. The lowest BCUT2D eigenvalue weighted by Gasteiger charge is -2.42. The first-order valence-electron chi connectivity index (χ1n) is 18.9. The van der Waals surface area contributed by atoms with E-state index in [1.54, 1.807) is 12.1 Å². The van der Waals surface area contributed by atoms with Crippen molar-refractivity contribution in [3.8, 4) is 0 Å². The minimum Gasteiger partial charge on any atom is -0.397 e. The lowest BCUT2D eigenvalue weighted by molar-refractivity contribution is -0.253. The summed E-state index contributed by atoms with van der Waals surface area (Å²) in [6, 6.07) is 30.5. The van der Waals surface area contributed by atoms with Gasteiger partial charge < -0.3 is 41.0 Å². The Kier molecular flexibility index (Phi) is 13.7. The fraction of sp³-hybridized carbons (Fsp3) is 0.395. The van der Waals surface area contributed by atoms with Gasteiger partial charge in [-0.05, 0) is 72.2 Å². The van der Waals surface area contributed by atoms with Crippen molar-refractivity contribution in [3.05, 3.63) is 130 Å². The Morgan fingerprint density at radius 2 is 1.46 bits per heavy atom. The monoisotopic (exact) mass is 754 g/mol. The maximum Gasteiger partial charge on any atom is 0.224 e. The van der Waals surface area contributed by atoms with Crippen molar-refractivity contribution in [1.29, 1.82) is 0 Å². The molecule has 6 rings (SSSR count). The van der Waals surface area contributed by atoms with Crippen molar-refractivity contribution >= 4 is 34.8 Å². The lowest BCUT2D eigenvalue weighted by Crippen LogP contribution is -2.46. The minimum absolute atomic E-state index is 0.0174. The molecule has 3 unspecified atom stereocenters. The third-order valence-electron chi connectivity index (χ3n) is 10.4. The van der Waals surface area contributed by atoms with E-state index in [4.69, 9.17) is 26.8 Å². The summed E-state index contributed by atoms with van der Waals surface area (Å²) in [7, 11) is 0. The molecule has 2 fully saturated rings. The molecule has 2 heterocycles. The highest BCUT2D eigenvalue weighted by Crippen LogP contribution is 2.39. The van der Waals surface area contributed by atoms with Gasteiger partial charge in [0, 0.05) is 56.0 Å². The standard InChI is InChI=1S/C43H51ClN4O6/c44-35-20-18-34(19-21-35)43(52)22-24-48(25-23-43)28-36-26-39(32-14-12-31(29-49)13-15-32)54-42(53-36)33-16-10-30(11-17-33)27-46-40(50)8-2-1-3-9-41(51)47-38-7-5-4-6-37(38)45/h4-7,10-21,36,39,42,49,52H,1-3,8-9,22-29,45H2,(H,46,50)(H,47,51). The molecule has 0 aliphatic carbocycles. The summed E-state index contributed by atoms with van der Waals surface area (Å²) in [5.41, 5.74) is 10.8. The van der Waals surface area contributed by atoms with Crippen LogP contribution >= 0.6 is 11.6 Å². The number of aliphatic hydroxyl groups excluding tert-OH is 1. The van der Waals surface area contributed by atoms with Crippen LogP contribution in [0.2, 0.25) is 5.02 Å². The zero-order valence-corrected chi connectivity index (χ0v) is 31.3. The van der Waals surface area contributed by atoms with Gasteiger partial charge in [-0.25, -0.2) is 0 Å². The van der Waals surface area contributed by atoms with Gasteiger partial charge in [0.25, 0.3) is 0 Å². The molecule has 2 saturated heterocycles. The van der Waals surface area contributed by atoms with Gasteiger partial charge >= 0.3 is 0 Å². The van der Waals surface area contributed by atoms with Gasteiger partial charge in [-0.15, -0.1) is 0 Å². The average molecular weight is 755 g/mol. The molecule has 0 saturated carbocycles. The molecule has 54 heavy (non-hydrogen) atoms. The van der Waals surface area contributed by atoms with Gasteiger partial charge in [0.05, 0.1) is 35.8 Å².